The fraction of sp³-hybridized carbons (Fsp3) is 0.368. The maximum Gasteiger partial charge on any atom is 0.264 e. The van der Waals surface area contributed by atoms with Gasteiger partial charge in [-0.1, -0.05) is 0 Å². The van der Waals surface area contributed by atoms with Gasteiger partial charge in [0.15, 0.2) is 0 Å². The average molecular weight is 377 g/mol. The molecule has 26 heavy (non-hydrogen) atoms. The van der Waals surface area contributed by atoms with Gasteiger partial charge in [-0.2, -0.15) is 0 Å². The lowest BCUT2D eigenvalue weighted by molar-refractivity contribution is 0.166. The molecule has 0 aromatic heterocycles. The van der Waals surface area contributed by atoms with Gasteiger partial charge < -0.3 is 14.6 Å². The second kappa shape index (κ2) is 6.81. The summed E-state index contributed by atoms with van der Waals surface area (Å²) in [5, 5.41) is 10.3. The fourth-order valence-electron chi connectivity index (χ4n) is 3.46. The summed E-state index contributed by atoms with van der Waals surface area (Å²) in [4.78, 5) is 0.274. The van der Waals surface area contributed by atoms with E-state index >= 15 is 0 Å². The highest BCUT2D eigenvalue weighted by Crippen LogP contribution is 2.40. The van der Waals surface area contributed by atoms with Crippen LogP contribution in [-0.2, 0) is 10.0 Å². The minimum Gasteiger partial charge on any atom is -0.497 e. The van der Waals surface area contributed by atoms with E-state index in [0.717, 1.165) is 0 Å². The first kappa shape index (κ1) is 18.5. The quantitative estimate of drug-likeness (QED) is 0.887. The molecule has 6 nitrogen and oxygen atoms in total. The van der Waals surface area contributed by atoms with Gasteiger partial charge in [0.1, 0.15) is 11.5 Å². The number of ether oxygens (including phenoxy) is 2. The number of sulfonamides is 1. The summed E-state index contributed by atoms with van der Waals surface area (Å²) >= 11 is 0. The Bertz CT molecular complexity index is 916. The number of benzene rings is 2. The molecule has 0 saturated heterocycles. The van der Waals surface area contributed by atoms with Crippen molar-refractivity contribution in [3.8, 4) is 11.5 Å². The van der Waals surface area contributed by atoms with Crippen LogP contribution in [0.5, 0.6) is 11.5 Å². The summed E-state index contributed by atoms with van der Waals surface area (Å²) in [6, 6.07) is 8.51. The van der Waals surface area contributed by atoms with Crippen molar-refractivity contribution in [1.29, 1.82) is 0 Å². The van der Waals surface area contributed by atoms with E-state index in [0.29, 0.717) is 40.3 Å². The Labute approximate surface area is 154 Å². The summed E-state index contributed by atoms with van der Waals surface area (Å²) in [7, 11) is -0.688. The highest BCUT2D eigenvalue weighted by molar-refractivity contribution is 7.93. The van der Waals surface area contributed by atoms with E-state index in [2.05, 4.69) is 0 Å². The third-order valence-corrected chi connectivity index (χ3v) is 6.81. The van der Waals surface area contributed by atoms with Crippen LogP contribution in [0.4, 0.5) is 5.69 Å². The summed E-state index contributed by atoms with van der Waals surface area (Å²) < 4.78 is 38.7. The standard InChI is InChI=1S/C19H23NO5S/c1-12-9-15(25-4)10-13(2)19(12)26(22,23)20-8-7-18(21)16-11-14(24-3)5-6-17(16)20/h5-6,9-11,18,21H,7-8H2,1-4H3. The number of hydrogen-bond donors (Lipinski definition) is 1. The van der Waals surface area contributed by atoms with Crippen molar-refractivity contribution in [2.24, 2.45) is 0 Å². The molecule has 0 radical (unpaired) electrons. The van der Waals surface area contributed by atoms with Crippen LogP contribution in [0.25, 0.3) is 0 Å². The maximum absolute atomic E-state index is 13.4. The van der Waals surface area contributed by atoms with Gasteiger partial charge in [-0.3, -0.25) is 4.31 Å². The van der Waals surface area contributed by atoms with Crippen LogP contribution in [0.3, 0.4) is 0 Å². The molecule has 1 unspecified atom stereocenters. The van der Waals surface area contributed by atoms with Crippen molar-refractivity contribution < 1.29 is 23.0 Å². The summed E-state index contributed by atoms with van der Waals surface area (Å²) in [6.07, 6.45) is -0.391. The normalized spacial score (nSPS) is 17.0. The zero-order chi connectivity index (χ0) is 19.1. The van der Waals surface area contributed by atoms with Gasteiger partial charge in [-0.15, -0.1) is 0 Å². The second-order valence-electron chi connectivity index (χ2n) is 6.40. The molecule has 0 aliphatic carbocycles. The molecule has 0 fully saturated rings. The number of rotatable bonds is 4. The lowest BCUT2D eigenvalue weighted by Crippen LogP contribution is -2.37. The van der Waals surface area contributed by atoms with Crippen LogP contribution >= 0.6 is 0 Å². The van der Waals surface area contributed by atoms with Crippen molar-refractivity contribution in [1.82, 2.24) is 0 Å². The van der Waals surface area contributed by atoms with Crippen molar-refractivity contribution in [3.05, 3.63) is 47.0 Å². The third-order valence-electron chi connectivity index (χ3n) is 4.69. The zero-order valence-electron chi connectivity index (χ0n) is 15.3. The van der Waals surface area contributed by atoms with Gasteiger partial charge in [0.2, 0.25) is 0 Å². The lowest BCUT2D eigenvalue weighted by Gasteiger charge is -2.34. The van der Waals surface area contributed by atoms with E-state index in [4.69, 9.17) is 9.47 Å². The van der Waals surface area contributed by atoms with Crippen LogP contribution in [0.2, 0.25) is 0 Å². The topological polar surface area (TPSA) is 76.1 Å². The minimum atomic E-state index is -3.78. The fourth-order valence-corrected chi connectivity index (χ4v) is 5.39. The molecule has 2 aromatic rings. The molecular weight excluding hydrogens is 354 g/mol. The van der Waals surface area contributed by atoms with Gasteiger partial charge in [0, 0.05) is 12.1 Å². The highest BCUT2D eigenvalue weighted by atomic mass is 32.2. The molecule has 7 heteroatoms. The number of methoxy groups -OCH3 is 2. The van der Waals surface area contributed by atoms with Crippen molar-refractivity contribution in [2.75, 3.05) is 25.1 Å². The summed E-state index contributed by atoms with van der Waals surface area (Å²) in [6.45, 7) is 3.74. The van der Waals surface area contributed by atoms with Crippen molar-refractivity contribution in [2.45, 2.75) is 31.3 Å². The molecule has 1 aliphatic rings. The lowest BCUT2D eigenvalue weighted by atomic mass is 10.0. The van der Waals surface area contributed by atoms with Crippen LogP contribution in [0.15, 0.2) is 35.2 Å². The summed E-state index contributed by atoms with van der Waals surface area (Å²) in [5.41, 5.74) is 2.30. The number of hydrogen-bond acceptors (Lipinski definition) is 5. The predicted molar refractivity (Wildman–Crippen MR) is 99.6 cm³/mol. The SMILES string of the molecule is COc1cc(C)c(S(=O)(=O)N2CCC(O)c3cc(OC)ccc32)c(C)c1. The van der Waals surface area contributed by atoms with Crippen LogP contribution in [0, 0.1) is 13.8 Å². The Morgan fingerprint density at radius 1 is 1.04 bits per heavy atom. The predicted octanol–water partition coefficient (Wildman–Crippen LogP) is 2.95. The largest absolute Gasteiger partial charge is 0.497 e. The highest BCUT2D eigenvalue weighted by Gasteiger charge is 2.34. The molecule has 1 aliphatic heterocycles. The average Bonchev–Trinajstić information content (AvgIpc) is 2.60. The molecule has 0 spiro atoms. The number of nitrogens with zero attached hydrogens (tertiary/aromatic N) is 1. The first-order valence-corrected chi connectivity index (χ1v) is 9.77. The molecule has 1 N–H and O–H groups in total. The van der Waals surface area contributed by atoms with E-state index < -0.39 is 16.1 Å². The van der Waals surface area contributed by atoms with Gasteiger partial charge in [0.25, 0.3) is 10.0 Å². The molecule has 3 rings (SSSR count). The van der Waals surface area contributed by atoms with Crippen LogP contribution in [-0.4, -0.2) is 34.3 Å². The van der Waals surface area contributed by atoms with E-state index in [1.807, 2.05) is 0 Å². The Morgan fingerprint density at radius 2 is 1.65 bits per heavy atom. The maximum atomic E-state index is 13.4. The molecule has 1 atom stereocenters. The number of anilines is 1. The smallest absolute Gasteiger partial charge is 0.264 e. The monoisotopic (exact) mass is 377 g/mol. The second-order valence-corrected chi connectivity index (χ2v) is 8.20. The Morgan fingerprint density at radius 3 is 2.23 bits per heavy atom. The molecule has 140 valence electrons. The zero-order valence-corrected chi connectivity index (χ0v) is 16.1. The molecule has 0 amide bonds. The molecule has 1 heterocycles. The minimum absolute atomic E-state index is 0.216. The molecule has 2 aromatic carbocycles. The summed E-state index contributed by atoms with van der Waals surface area (Å²) in [5.74, 6) is 1.21. The molecule has 0 saturated carbocycles. The van der Waals surface area contributed by atoms with E-state index in [1.165, 1.54) is 11.4 Å². The number of aliphatic hydroxyl groups excluding tert-OH is 1. The van der Waals surface area contributed by atoms with Crippen molar-refractivity contribution >= 4 is 15.7 Å². The van der Waals surface area contributed by atoms with E-state index in [1.54, 1.807) is 51.3 Å². The number of aryl methyl sites for hydroxylation is 2. The van der Waals surface area contributed by atoms with Gasteiger partial charge in [-0.25, -0.2) is 8.42 Å². The first-order valence-electron chi connectivity index (χ1n) is 8.33. The Balaban J connectivity index is 2.14. The van der Waals surface area contributed by atoms with Gasteiger partial charge in [-0.05, 0) is 61.7 Å². The van der Waals surface area contributed by atoms with Crippen LogP contribution in [0.1, 0.15) is 29.2 Å². The van der Waals surface area contributed by atoms with Gasteiger partial charge >= 0.3 is 0 Å². The molecular formula is C19H23NO5S. The van der Waals surface area contributed by atoms with E-state index in [-0.39, 0.29) is 11.4 Å². The number of aliphatic hydroxyl groups is 1. The Kier molecular flexibility index (Phi) is 4.86. The van der Waals surface area contributed by atoms with Crippen molar-refractivity contribution in [3.63, 3.8) is 0 Å². The van der Waals surface area contributed by atoms with E-state index in [9.17, 15) is 13.5 Å². The van der Waals surface area contributed by atoms with Gasteiger partial charge in [0.05, 0.1) is 30.9 Å². The molecule has 0 bridgehead atoms. The number of fused-ring (bicyclic) bond motifs is 1. The van der Waals surface area contributed by atoms with Crippen LogP contribution < -0.4 is 13.8 Å². The Hall–Kier alpha value is -2.25. The third kappa shape index (κ3) is 3.01. The first-order chi connectivity index (χ1) is 12.3.